The molecule has 2 heterocycles. The molecule has 1 aromatic heterocycles. The molecule has 4 nitrogen and oxygen atoms in total. The predicted octanol–water partition coefficient (Wildman–Crippen LogP) is 3.32. The number of aromatic nitrogens is 1. The summed E-state index contributed by atoms with van der Waals surface area (Å²) in [6.45, 7) is 3.43. The van der Waals surface area contributed by atoms with Crippen LogP contribution in [-0.2, 0) is 4.79 Å². The zero-order valence-corrected chi connectivity index (χ0v) is 12.2. The van der Waals surface area contributed by atoms with E-state index in [4.69, 9.17) is 0 Å². The Balaban J connectivity index is 1.96. The Morgan fingerprint density at radius 1 is 1.38 bits per heavy atom. The van der Waals surface area contributed by atoms with Gasteiger partial charge in [-0.2, -0.15) is 0 Å². The van der Waals surface area contributed by atoms with Crippen LogP contribution in [-0.4, -0.2) is 29.1 Å². The molecule has 1 N–H and O–H groups in total. The van der Waals surface area contributed by atoms with Crippen molar-refractivity contribution in [2.24, 2.45) is 5.41 Å². The summed E-state index contributed by atoms with van der Waals surface area (Å²) in [5.74, 6) is -0.662. The zero-order valence-electron chi connectivity index (χ0n) is 12.2. The second-order valence-electron chi connectivity index (χ2n) is 5.85. The SMILES string of the molecule is CCCC1(C(=O)O)CCN(c2ccnc3ccccc23)C1. The number of nitrogens with zero attached hydrogens (tertiary/aromatic N) is 2. The van der Waals surface area contributed by atoms with Crippen LogP contribution in [0.2, 0.25) is 0 Å². The Kier molecular flexibility index (Phi) is 3.53. The highest BCUT2D eigenvalue weighted by molar-refractivity contribution is 5.92. The smallest absolute Gasteiger partial charge is 0.311 e. The van der Waals surface area contributed by atoms with Crippen LogP contribution in [0.1, 0.15) is 26.2 Å². The summed E-state index contributed by atoms with van der Waals surface area (Å²) in [5, 5.41) is 10.7. The van der Waals surface area contributed by atoms with Gasteiger partial charge in [-0.05, 0) is 25.0 Å². The van der Waals surface area contributed by atoms with Crippen molar-refractivity contribution in [3.05, 3.63) is 36.5 Å². The second-order valence-corrected chi connectivity index (χ2v) is 5.85. The van der Waals surface area contributed by atoms with Crippen molar-refractivity contribution < 1.29 is 9.90 Å². The molecule has 0 radical (unpaired) electrons. The minimum Gasteiger partial charge on any atom is -0.481 e. The third-order valence-corrected chi connectivity index (χ3v) is 4.50. The normalized spacial score (nSPS) is 21.9. The number of fused-ring (bicyclic) bond motifs is 1. The summed E-state index contributed by atoms with van der Waals surface area (Å²) >= 11 is 0. The first-order chi connectivity index (χ1) is 10.2. The Morgan fingerprint density at radius 3 is 2.95 bits per heavy atom. The van der Waals surface area contributed by atoms with Crippen molar-refractivity contribution in [3.8, 4) is 0 Å². The molecule has 0 bridgehead atoms. The number of anilines is 1. The molecule has 0 spiro atoms. The van der Waals surface area contributed by atoms with Crippen LogP contribution in [0.3, 0.4) is 0 Å². The lowest BCUT2D eigenvalue weighted by molar-refractivity contribution is -0.148. The molecule has 3 rings (SSSR count). The Morgan fingerprint density at radius 2 is 2.19 bits per heavy atom. The average Bonchev–Trinajstić information content (AvgIpc) is 2.92. The lowest BCUT2D eigenvalue weighted by Crippen LogP contribution is -2.34. The number of aliphatic carboxylic acids is 1. The van der Waals surface area contributed by atoms with Gasteiger partial charge in [0.1, 0.15) is 0 Å². The van der Waals surface area contributed by atoms with Gasteiger partial charge in [-0.25, -0.2) is 0 Å². The van der Waals surface area contributed by atoms with E-state index in [0.717, 1.165) is 36.0 Å². The van der Waals surface area contributed by atoms with E-state index in [1.807, 2.05) is 24.3 Å². The molecular formula is C17H20N2O2. The number of rotatable bonds is 4. The van der Waals surface area contributed by atoms with Gasteiger partial charge in [0.15, 0.2) is 0 Å². The molecule has 1 fully saturated rings. The van der Waals surface area contributed by atoms with Crippen LogP contribution >= 0.6 is 0 Å². The number of carboxylic acid groups (broad SMARTS) is 1. The minimum atomic E-state index is -0.662. The standard InChI is InChI=1S/C17H20N2O2/c1-2-8-17(16(20)21)9-11-19(12-17)15-7-10-18-14-6-4-3-5-13(14)15/h3-7,10H,2,8-9,11-12H2,1H3,(H,20,21). The van der Waals surface area contributed by atoms with Crippen LogP contribution in [0, 0.1) is 5.41 Å². The largest absolute Gasteiger partial charge is 0.481 e. The van der Waals surface area contributed by atoms with Gasteiger partial charge in [-0.15, -0.1) is 0 Å². The molecule has 1 atom stereocenters. The number of carbonyl (C=O) groups is 1. The van der Waals surface area contributed by atoms with E-state index in [0.29, 0.717) is 13.0 Å². The molecule has 0 amide bonds. The second kappa shape index (κ2) is 5.35. The fraction of sp³-hybridized carbons (Fsp3) is 0.412. The third kappa shape index (κ3) is 2.35. The highest BCUT2D eigenvalue weighted by Crippen LogP contribution is 2.39. The average molecular weight is 284 g/mol. The van der Waals surface area contributed by atoms with Gasteiger partial charge < -0.3 is 10.0 Å². The van der Waals surface area contributed by atoms with Crippen molar-refractivity contribution in [1.82, 2.24) is 4.98 Å². The first kappa shape index (κ1) is 13.9. The topological polar surface area (TPSA) is 53.4 Å². The maximum Gasteiger partial charge on any atom is 0.311 e. The van der Waals surface area contributed by atoms with Gasteiger partial charge >= 0.3 is 5.97 Å². The fourth-order valence-corrected chi connectivity index (χ4v) is 3.40. The molecule has 4 heteroatoms. The Bertz CT molecular complexity index is 665. The maximum atomic E-state index is 11.7. The third-order valence-electron chi connectivity index (χ3n) is 4.50. The molecule has 21 heavy (non-hydrogen) atoms. The molecule has 1 aliphatic heterocycles. The lowest BCUT2D eigenvalue weighted by Gasteiger charge is -2.25. The maximum absolute atomic E-state index is 11.7. The Labute approximate surface area is 124 Å². The first-order valence-electron chi connectivity index (χ1n) is 7.48. The first-order valence-corrected chi connectivity index (χ1v) is 7.48. The van der Waals surface area contributed by atoms with E-state index in [2.05, 4.69) is 22.9 Å². The molecular weight excluding hydrogens is 264 g/mol. The molecule has 2 aromatic rings. The minimum absolute atomic E-state index is 0.587. The molecule has 1 aromatic carbocycles. The van der Waals surface area contributed by atoms with Crippen molar-refractivity contribution in [3.63, 3.8) is 0 Å². The number of hydrogen-bond donors (Lipinski definition) is 1. The quantitative estimate of drug-likeness (QED) is 0.935. The summed E-state index contributed by atoms with van der Waals surface area (Å²) in [6, 6.07) is 10.0. The van der Waals surface area contributed by atoms with E-state index < -0.39 is 11.4 Å². The Hall–Kier alpha value is -2.10. The molecule has 1 saturated heterocycles. The summed E-state index contributed by atoms with van der Waals surface area (Å²) < 4.78 is 0. The molecule has 0 aliphatic carbocycles. The van der Waals surface area contributed by atoms with E-state index >= 15 is 0 Å². The van der Waals surface area contributed by atoms with Crippen LogP contribution in [0.5, 0.6) is 0 Å². The highest BCUT2D eigenvalue weighted by atomic mass is 16.4. The highest BCUT2D eigenvalue weighted by Gasteiger charge is 2.44. The molecule has 1 unspecified atom stereocenters. The van der Waals surface area contributed by atoms with E-state index in [-0.39, 0.29) is 0 Å². The summed E-state index contributed by atoms with van der Waals surface area (Å²) in [4.78, 5) is 18.3. The number of hydrogen-bond acceptors (Lipinski definition) is 3. The van der Waals surface area contributed by atoms with E-state index in [9.17, 15) is 9.90 Å². The van der Waals surface area contributed by atoms with E-state index in [1.54, 1.807) is 6.20 Å². The van der Waals surface area contributed by atoms with Crippen molar-refractivity contribution in [2.45, 2.75) is 26.2 Å². The van der Waals surface area contributed by atoms with Crippen molar-refractivity contribution in [2.75, 3.05) is 18.0 Å². The monoisotopic (exact) mass is 284 g/mol. The zero-order chi connectivity index (χ0) is 14.9. The molecule has 1 aliphatic rings. The number of carboxylic acids is 1. The fourth-order valence-electron chi connectivity index (χ4n) is 3.40. The summed E-state index contributed by atoms with van der Waals surface area (Å²) in [6.07, 6.45) is 4.16. The van der Waals surface area contributed by atoms with Crippen LogP contribution in [0.25, 0.3) is 10.9 Å². The van der Waals surface area contributed by atoms with Gasteiger partial charge in [0, 0.05) is 30.4 Å². The van der Waals surface area contributed by atoms with Gasteiger partial charge in [0.2, 0.25) is 0 Å². The number of benzene rings is 1. The van der Waals surface area contributed by atoms with E-state index in [1.165, 1.54) is 0 Å². The molecule has 0 saturated carbocycles. The molecule has 110 valence electrons. The predicted molar refractivity (Wildman–Crippen MR) is 83.5 cm³/mol. The summed E-state index contributed by atoms with van der Waals surface area (Å²) in [5.41, 5.74) is 1.46. The lowest BCUT2D eigenvalue weighted by atomic mass is 9.83. The van der Waals surface area contributed by atoms with Crippen LogP contribution < -0.4 is 4.90 Å². The number of pyridine rings is 1. The van der Waals surface area contributed by atoms with Gasteiger partial charge in [0.25, 0.3) is 0 Å². The van der Waals surface area contributed by atoms with Crippen molar-refractivity contribution >= 4 is 22.6 Å². The van der Waals surface area contributed by atoms with Crippen LogP contribution in [0.15, 0.2) is 36.5 Å². The van der Waals surface area contributed by atoms with Gasteiger partial charge in [-0.3, -0.25) is 9.78 Å². The van der Waals surface area contributed by atoms with Gasteiger partial charge in [0.05, 0.1) is 10.9 Å². The number of para-hydroxylation sites is 1. The van der Waals surface area contributed by atoms with Crippen LogP contribution in [0.4, 0.5) is 5.69 Å². The summed E-state index contributed by atoms with van der Waals surface area (Å²) in [7, 11) is 0. The van der Waals surface area contributed by atoms with Gasteiger partial charge in [-0.1, -0.05) is 31.5 Å². The van der Waals surface area contributed by atoms with Crippen molar-refractivity contribution in [1.29, 1.82) is 0 Å².